The number of hydrogen-bond acceptors (Lipinski definition) is 3. The summed E-state index contributed by atoms with van der Waals surface area (Å²) in [5, 5.41) is 5.72. The summed E-state index contributed by atoms with van der Waals surface area (Å²) in [6.45, 7) is 3.18. The average Bonchev–Trinajstić information content (AvgIpc) is 2.43. The molecule has 2 N–H and O–H groups in total. The van der Waals surface area contributed by atoms with E-state index in [0.29, 0.717) is 13.2 Å². The lowest BCUT2D eigenvalue weighted by molar-refractivity contribution is 0.180. The molecule has 106 valence electrons. The van der Waals surface area contributed by atoms with Crippen molar-refractivity contribution in [3.05, 3.63) is 30.1 Å². The lowest BCUT2D eigenvalue weighted by Gasteiger charge is -2.18. The van der Waals surface area contributed by atoms with E-state index in [9.17, 15) is 4.79 Å². The van der Waals surface area contributed by atoms with Crippen LogP contribution in [0.25, 0.3) is 0 Å². The zero-order valence-corrected chi connectivity index (χ0v) is 11.7. The standard InChI is InChI=1S/C14H23N3O2/c1-3-16-14(18)17-13(8-10-19-2)7-6-12-5-4-9-15-11-12/h4-5,9,11,13H,3,6-8,10H2,1-2H3,(H2,16,17,18). The van der Waals surface area contributed by atoms with Crippen LogP contribution in [0.4, 0.5) is 4.79 Å². The van der Waals surface area contributed by atoms with Gasteiger partial charge in [0.05, 0.1) is 0 Å². The molecule has 19 heavy (non-hydrogen) atoms. The van der Waals surface area contributed by atoms with Gasteiger partial charge in [0.1, 0.15) is 0 Å². The fourth-order valence-electron chi connectivity index (χ4n) is 1.83. The van der Waals surface area contributed by atoms with Gasteiger partial charge < -0.3 is 15.4 Å². The van der Waals surface area contributed by atoms with Crippen LogP contribution in [0.2, 0.25) is 0 Å². The third-order valence-electron chi connectivity index (χ3n) is 2.85. The van der Waals surface area contributed by atoms with E-state index < -0.39 is 0 Å². The SMILES string of the molecule is CCNC(=O)NC(CCOC)CCc1cccnc1. The quantitative estimate of drug-likeness (QED) is 0.752. The number of amides is 2. The van der Waals surface area contributed by atoms with Crippen molar-refractivity contribution in [2.45, 2.75) is 32.2 Å². The summed E-state index contributed by atoms with van der Waals surface area (Å²) >= 11 is 0. The van der Waals surface area contributed by atoms with Gasteiger partial charge >= 0.3 is 6.03 Å². The van der Waals surface area contributed by atoms with Gasteiger partial charge in [-0.25, -0.2) is 4.79 Å². The normalized spacial score (nSPS) is 11.9. The molecule has 0 bridgehead atoms. The van der Waals surface area contributed by atoms with E-state index >= 15 is 0 Å². The molecule has 0 aliphatic carbocycles. The fraction of sp³-hybridized carbons (Fsp3) is 0.571. The molecule has 5 nitrogen and oxygen atoms in total. The Morgan fingerprint density at radius 1 is 1.47 bits per heavy atom. The van der Waals surface area contributed by atoms with E-state index in [4.69, 9.17) is 4.74 Å². The molecule has 0 saturated heterocycles. The zero-order chi connectivity index (χ0) is 13.9. The highest BCUT2D eigenvalue weighted by Crippen LogP contribution is 2.06. The molecule has 0 radical (unpaired) electrons. The molecule has 1 unspecified atom stereocenters. The Morgan fingerprint density at radius 2 is 2.32 bits per heavy atom. The molecule has 1 heterocycles. The summed E-state index contributed by atoms with van der Waals surface area (Å²) < 4.78 is 5.08. The smallest absolute Gasteiger partial charge is 0.314 e. The van der Waals surface area contributed by atoms with Gasteiger partial charge in [0.25, 0.3) is 0 Å². The van der Waals surface area contributed by atoms with Crippen molar-refractivity contribution in [2.24, 2.45) is 0 Å². The molecule has 0 fully saturated rings. The summed E-state index contributed by atoms with van der Waals surface area (Å²) in [5.41, 5.74) is 1.18. The van der Waals surface area contributed by atoms with Crippen molar-refractivity contribution in [3.8, 4) is 0 Å². The van der Waals surface area contributed by atoms with Crippen LogP contribution in [0.3, 0.4) is 0 Å². The highest BCUT2D eigenvalue weighted by atomic mass is 16.5. The molecule has 0 spiro atoms. The van der Waals surface area contributed by atoms with E-state index in [0.717, 1.165) is 19.3 Å². The Hall–Kier alpha value is -1.62. The van der Waals surface area contributed by atoms with E-state index in [-0.39, 0.29) is 12.1 Å². The Labute approximate surface area is 114 Å². The number of carbonyl (C=O) groups excluding carboxylic acids is 1. The van der Waals surface area contributed by atoms with E-state index in [2.05, 4.69) is 15.6 Å². The maximum absolute atomic E-state index is 11.6. The van der Waals surface area contributed by atoms with Gasteiger partial charge in [0, 0.05) is 38.7 Å². The van der Waals surface area contributed by atoms with Gasteiger partial charge in [-0.15, -0.1) is 0 Å². The topological polar surface area (TPSA) is 63.2 Å². The molecule has 2 amide bonds. The zero-order valence-electron chi connectivity index (χ0n) is 11.7. The van der Waals surface area contributed by atoms with E-state index in [1.54, 1.807) is 13.3 Å². The van der Waals surface area contributed by atoms with Crippen LogP contribution >= 0.6 is 0 Å². The molecule has 5 heteroatoms. The molecular formula is C14H23N3O2. The fourth-order valence-corrected chi connectivity index (χ4v) is 1.83. The second-order valence-corrected chi connectivity index (χ2v) is 4.38. The van der Waals surface area contributed by atoms with Crippen molar-refractivity contribution >= 4 is 6.03 Å². The van der Waals surface area contributed by atoms with Gasteiger partial charge in [-0.3, -0.25) is 4.98 Å². The highest BCUT2D eigenvalue weighted by molar-refractivity contribution is 5.74. The maximum atomic E-state index is 11.6. The van der Waals surface area contributed by atoms with Gasteiger partial charge in [-0.1, -0.05) is 6.07 Å². The second-order valence-electron chi connectivity index (χ2n) is 4.38. The largest absolute Gasteiger partial charge is 0.385 e. The van der Waals surface area contributed by atoms with E-state index in [1.807, 2.05) is 25.3 Å². The molecule has 0 aromatic carbocycles. The van der Waals surface area contributed by atoms with E-state index in [1.165, 1.54) is 5.56 Å². The Balaban J connectivity index is 2.42. The number of nitrogens with zero attached hydrogens (tertiary/aromatic N) is 1. The van der Waals surface area contributed by atoms with Crippen LogP contribution < -0.4 is 10.6 Å². The number of aryl methyl sites for hydroxylation is 1. The first-order valence-electron chi connectivity index (χ1n) is 6.68. The first-order valence-corrected chi connectivity index (χ1v) is 6.68. The third kappa shape index (κ3) is 6.76. The van der Waals surface area contributed by atoms with Crippen LogP contribution in [-0.2, 0) is 11.2 Å². The Morgan fingerprint density at radius 3 is 2.95 bits per heavy atom. The number of aromatic nitrogens is 1. The molecule has 1 rings (SSSR count). The number of methoxy groups -OCH3 is 1. The van der Waals surface area contributed by atoms with Crippen molar-refractivity contribution in [1.82, 2.24) is 15.6 Å². The molecule has 0 aliphatic heterocycles. The number of pyridine rings is 1. The minimum Gasteiger partial charge on any atom is -0.385 e. The molecular weight excluding hydrogens is 242 g/mol. The third-order valence-corrected chi connectivity index (χ3v) is 2.85. The number of nitrogens with one attached hydrogen (secondary N) is 2. The first kappa shape index (κ1) is 15.4. The Kier molecular flexibility index (Phi) is 7.58. The molecule has 1 aromatic heterocycles. The number of carbonyl (C=O) groups is 1. The van der Waals surface area contributed by atoms with Crippen LogP contribution in [0.15, 0.2) is 24.5 Å². The number of rotatable bonds is 8. The molecule has 0 saturated carbocycles. The monoisotopic (exact) mass is 265 g/mol. The van der Waals surface area contributed by atoms with Crippen molar-refractivity contribution in [3.63, 3.8) is 0 Å². The predicted molar refractivity (Wildman–Crippen MR) is 75.0 cm³/mol. The summed E-state index contributed by atoms with van der Waals surface area (Å²) in [7, 11) is 1.67. The number of urea groups is 1. The second kappa shape index (κ2) is 9.33. The lowest BCUT2D eigenvalue weighted by atomic mass is 10.0. The predicted octanol–water partition coefficient (Wildman–Crippen LogP) is 1.74. The molecule has 1 atom stereocenters. The lowest BCUT2D eigenvalue weighted by Crippen LogP contribution is -2.42. The molecule has 0 aliphatic rings. The summed E-state index contributed by atoms with van der Waals surface area (Å²) in [5.74, 6) is 0. The Bertz CT molecular complexity index is 357. The van der Waals surface area contributed by atoms with Gasteiger partial charge in [0.15, 0.2) is 0 Å². The average molecular weight is 265 g/mol. The summed E-state index contributed by atoms with van der Waals surface area (Å²) in [6, 6.07) is 3.98. The minimum absolute atomic E-state index is 0.116. The van der Waals surface area contributed by atoms with Crippen LogP contribution in [0.5, 0.6) is 0 Å². The summed E-state index contributed by atoms with van der Waals surface area (Å²) in [4.78, 5) is 15.6. The minimum atomic E-state index is -0.116. The molecule has 1 aromatic rings. The maximum Gasteiger partial charge on any atom is 0.314 e. The first-order chi connectivity index (χ1) is 9.26. The highest BCUT2D eigenvalue weighted by Gasteiger charge is 2.11. The number of hydrogen-bond donors (Lipinski definition) is 2. The van der Waals surface area contributed by atoms with Crippen molar-refractivity contribution in [2.75, 3.05) is 20.3 Å². The van der Waals surface area contributed by atoms with Crippen LogP contribution in [0, 0.1) is 0 Å². The van der Waals surface area contributed by atoms with Crippen LogP contribution in [0.1, 0.15) is 25.3 Å². The summed E-state index contributed by atoms with van der Waals surface area (Å²) in [6.07, 6.45) is 6.22. The van der Waals surface area contributed by atoms with Crippen molar-refractivity contribution in [1.29, 1.82) is 0 Å². The van der Waals surface area contributed by atoms with Crippen LogP contribution in [-0.4, -0.2) is 37.3 Å². The van der Waals surface area contributed by atoms with Gasteiger partial charge in [-0.05, 0) is 37.8 Å². The van der Waals surface area contributed by atoms with Crippen molar-refractivity contribution < 1.29 is 9.53 Å². The van der Waals surface area contributed by atoms with Gasteiger partial charge in [-0.2, -0.15) is 0 Å². The number of ether oxygens (including phenoxy) is 1. The van der Waals surface area contributed by atoms with Gasteiger partial charge in [0.2, 0.25) is 0 Å².